The number of nitrogens with zero attached hydrogens (tertiary/aromatic N) is 4. The molecule has 102 valence electrons. The Hall–Kier alpha value is -1.82. The van der Waals surface area contributed by atoms with Crippen LogP contribution in [0, 0.1) is 0 Å². The summed E-state index contributed by atoms with van der Waals surface area (Å²) >= 11 is 5.90. The zero-order chi connectivity index (χ0) is 13.7. The van der Waals surface area contributed by atoms with Gasteiger partial charge in [-0.1, -0.05) is 6.92 Å². The van der Waals surface area contributed by atoms with Crippen LogP contribution in [-0.2, 0) is 6.54 Å². The predicted octanol–water partition coefficient (Wildman–Crippen LogP) is 2.58. The fourth-order valence-electron chi connectivity index (χ4n) is 1.53. The largest absolute Gasteiger partial charge is 0.467 e. The molecule has 1 N–H and O–H groups in total. The van der Waals surface area contributed by atoms with Gasteiger partial charge in [0.2, 0.25) is 17.2 Å². The summed E-state index contributed by atoms with van der Waals surface area (Å²) in [4.78, 5) is 14.3. The average molecular weight is 282 g/mol. The van der Waals surface area contributed by atoms with Crippen molar-refractivity contribution in [3.63, 3.8) is 0 Å². The Morgan fingerprint density at radius 2 is 2.21 bits per heavy atom. The molecule has 19 heavy (non-hydrogen) atoms. The van der Waals surface area contributed by atoms with Gasteiger partial charge in [0.25, 0.3) is 0 Å². The van der Waals surface area contributed by atoms with E-state index in [9.17, 15) is 0 Å². The van der Waals surface area contributed by atoms with Crippen molar-refractivity contribution >= 4 is 23.5 Å². The monoisotopic (exact) mass is 281 g/mol. The standard InChI is InChI=1S/C12H16ClN5O/c1-3-6-14-11-15-10(13)16-12(17-11)18(2)8-9-5-4-7-19-9/h4-5,7H,3,6,8H2,1-2H3,(H,14,15,16,17). The molecule has 0 bridgehead atoms. The lowest BCUT2D eigenvalue weighted by atomic mass is 10.4. The van der Waals surface area contributed by atoms with Crippen LogP contribution in [0.4, 0.5) is 11.9 Å². The zero-order valence-corrected chi connectivity index (χ0v) is 11.7. The lowest BCUT2D eigenvalue weighted by Gasteiger charge is -2.16. The maximum absolute atomic E-state index is 5.90. The van der Waals surface area contributed by atoms with Gasteiger partial charge in [-0.05, 0) is 30.2 Å². The molecule has 0 aliphatic rings. The quantitative estimate of drug-likeness (QED) is 0.878. The van der Waals surface area contributed by atoms with Crippen molar-refractivity contribution in [3.05, 3.63) is 29.4 Å². The first-order valence-electron chi connectivity index (χ1n) is 6.08. The molecular weight excluding hydrogens is 266 g/mol. The van der Waals surface area contributed by atoms with E-state index in [-0.39, 0.29) is 5.28 Å². The van der Waals surface area contributed by atoms with E-state index >= 15 is 0 Å². The molecule has 2 aromatic heterocycles. The topological polar surface area (TPSA) is 67.1 Å². The van der Waals surface area contributed by atoms with Crippen molar-refractivity contribution in [2.24, 2.45) is 0 Å². The Kier molecular flexibility index (Phi) is 4.57. The van der Waals surface area contributed by atoms with Gasteiger partial charge in [-0.25, -0.2) is 0 Å². The summed E-state index contributed by atoms with van der Waals surface area (Å²) in [5.74, 6) is 1.83. The SMILES string of the molecule is CCCNc1nc(Cl)nc(N(C)Cc2ccco2)n1. The third-order valence-corrected chi connectivity index (χ3v) is 2.61. The number of halogens is 1. The second kappa shape index (κ2) is 6.38. The maximum atomic E-state index is 5.90. The summed E-state index contributed by atoms with van der Waals surface area (Å²) in [6, 6.07) is 3.74. The van der Waals surface area contributed by atoms with E-state index in [1.165, 1.54) is 0 Å². The highest BCUT2D eigenvalue weighted by Gasteiger charge is 2.10. The molecule has 0 atom stereocenters. The highest BCUT2D eigenvalue weighted by Crippen LogP contribution is 2.15. The Morgan fingerprint density at radius 1 is 1.37 bits per heavy atom. The number of nitrogens with one attached hydrogen (secondary N) is 1. The minimum Gasteiger partial charge on any atom is -0.467 e. The van der Waals surface area contributed by atoms with Gasteiger partial charge in [0.15, 0.2) is 0 Å². The smallest absolute Gasteiger partial charge is 0.231 e. The number of rotatable bonds is 6. The molecule has 0 unspecified atom stereocenters. The minimum atomic E-state index is 0.176. The van der Waals surface area contributed by atoms with Crippen LogP contribution in [0.5, 0.6) is 0 Å². The first-order chi connectivity index (χ1) is 9.19. The molecule has 0 aliphatic heterocycles. The van der Waals surface area contributed by atoms with Crippen LogP contribution in [0.15, 0.2) is 22.8 Å². The van der Waals surface area contributed by atoms with E-state index in [0.29, 0.717) is 18.4 Å². The van der Waals surface area contributed by atoms with E-state index in [1.54, 1.807) is 6.26 Å². The van der Waals surface area contributed by atoms with Gasteiger partial charge in [0.05, 0.1) is 12.8 Å². The third-order valence-electron chi connectivity index (χ3n) is 2.44. The van der Waals surface area contributed by atoms with Crippen molar-refractivity contribution in [1.29, 1.82) is 0 Å². The number of aromatic nitrogens is 3. The molecule has 2 heterocycles. The van der Waals surface area contributed by atoms with Crippen molar-refractivity contribution in [3.8, 4) is 0 Å². The molecule has 0 fully saturated rings. The maximum Gasteiger partial charge on any atom is 0.231 e. The van der Waals surface area contributed by atoms with Gasteiger partial charge in [-0.3, -0.25) is 0 Å². The molecule has 0 aliphatic carbocycles. The van der Waals surface area contributed by atoms with Crippen LogP contribution in [0.2, 0.25) is 5.28 Å². The predicted molar refractivity (Wildman–Crippen MR) is 74.4 cm³/mol. The molecule has 0 saturated heterocycles. The van der Waals surface area contributed by atoms with Crippen LogP contribution >= 0.6 is 11.6 Å². The molecule has 2 aromatic rings. The second-order valence-electron chi connectivity index (χ2n) is 4.09. The van der Waals surface area contributed by atoms with Crippen molar-refractivity contribution in [2.75, 3.05) is 23.8 Å². The summed E-state index contributed by atoms with van der Waals surface area (Å²) in [7, 11) is 1.87. The summed E-state index contributed by atoms with van der Waals surface area (Å²) in [6.45, 7) is 3.43. The fraction of sp³-hybridized carbons (Fsp3) is 0.417. The Bertz CT molecular complexity index is 517. The van der Waals surface area contributed by atoms with Crippen molar-refractivity contribution in [2.45, 2.75) is 19.9 Å². The Labute approximate surface area is 116 Å². The van der Waals surface area contributed by atoms with Crippen LogP contribution in [0.25, 0.3) is 0 Å². The van der Waals surface area contributed by atoms with Crippen LogP contribution in [0.3, 0.4) is 0 Å². The summed E-state index contributed by atoms with van der Waals surface area (Å²) in [5, 5.41) is 3.27. The van der Waals surface area contributed by atoms with E-state index in [0.717, 1.165) is 18.7 Å². The molecular formula is C12H16ClN5O. The molecule has 2 rings (SSSR count). The molecule has 6 nitrogen and oxygen atoms in total. The number of furan rings is 1. The van der Waals surface area contributed by atoms with E-state index in [2.05, 4.69) is 27.2 Å². The van der Waals surface area contributed by atoms with Gasteiger partial charge in [-0.2, -0.15) is 15.0 Å². The van der Waals surface area contributed by atoms with Crippen molar-refractivity contribution < 1.29 is 4.42 Å². The molecule has 0 saturated carbocycles. The Balaban J connectivity index is 2.11. The summed E-state index contributed by atoms with van der Waals surface area (Å²) in [5.41, 5.74) is 0. The number of hydrogen-bond acceptors (Lipinski definition) is 6. The normalized spacial score (nSPS) is 10.5. The Morgan fingerprint density at radius 3 is 2.89 bits per heavy atom. The minimum absolute atomic E-state index is 0.176. The molecule has 0 radical (unpaired) electrons. The first-order valence-corrected chi connectivity index (χ1v) is 6.46. The van der Waals surface area contributed by atoms with Crippen LogP contribution in [-0.4, -0.2) is 28.5 Å². The first kappa shape index (κ1) is 13.6. The van der Waals surface area contributed by atoms with E-state index < -0.39 is 0 Å². The lowest BCUT2D eigenvalue weighted by molar-refractivity contribution is 0.506. The average Bonchev–Trinajstić information content (AvgIpc) is 2.88. The van der Waals surface area contributed by atoms with Gasteiger partial charge >= 0.3 is 0 Å². The van der Waals surface area contributed by atoms with E-state index in [4.69, 9.17) is 16.0 Å². The van der Waals surface area contributed by atoms with Crippen LogP contribution < -0.4 is 10.2 Å². The second-order valence-corrected chi connectivity index (χ2v) is 4.43. The highest BCUT2D eigenvalue weighted by molar-refractivity contribution is 6.28. The summed E-state index contributed by atoms with van der Waals surface area (Å²) < 4.78 is 5.29. The lowest BCUT2D eigenvalue weighted by Crippen LogP contribution is -2.20. The van der Waals surface area contributed by atoms with Gasteiger partial charge in [0.1, 0.15) is 5.76 Å². The van der Waals surface area contributed by atoms with Gasteiger partial charge in [0, 0.05) is 13.6 Å². The fourth-order valence-corrected chi connectivity index (χ4v) is 1.69. The third kappa shape index (κ3) is 3.82. The number of anilines is 2. The van der Waals surface area contributed by atoms with Crippen molar-refractivity contribution in [1.82, 2.24) is 15.0 Å². The van der Waals surface area contributed by atoms with E-state index in [1.807, 2.05) is 24.1 Å². The number of hydrogen-bond donors (Lipinski definition) is 1. The van der Waals surface area contributed by atoms with Gasteiger partial charge < -0.3 is 14.6 Å². The molecule has 0 aromatic carbocycles. The highest BCUT2D eigenvalue weighted by atomic mass is 35.5. The molecule has 0 amide bonds. The molecule has 7 heteroatoms. The molecule has 0 spiro atoms. The van der Waals surface area contributed by atoms with Crippen LogP contribution in [0.1, 0.15) is 19.1 Å². The van der Waals surface area contributed by atoms with Gasteiger partial charge in [-0.15, -0.1) is 0 Å². The summed E-state index contributed by atoms with van der Waals surface area (Å²) in [6.07, 6.45) is 2.62. The zero-order valence-electron chi connectivity index (χ0n) is 10.9.